The molecule has 0 unspecified atom stereocenters. The van der Waals surface area contributed by atoms with Gasteiger partial charge in [-0.3, -0.25) is 4.79 Å². The lowest BCUT2D eigenvalue weighted by Crippen LogP contribution is -2.31. The fraction of sp³-hybridized carbons (Fsp3) is 0.381. The highest BCUT2D eigenvalue weighted by Gasteiger charge is 2.39. The fourth-order valence-electron chi connectivity index (χ4n) is 3.23. The Bertz CT molecular complexity index is 776. The summed E-state index contributed by atoms with van der Waals surface area (Å²) in [5.41, 5.74) is 2.21. The number of carbonyl (C=O) groups excluding carboxylic acids is 1. The highest BCUT2D eigenvalue weighted by atomic mass is 32.2. The van der Waals surface area contributed by atoms with Gasteiger partial charge in [-0.25, -0.2) is 0 Å². The number of benzene rings is 2. The number of amides is 1. The van der Waals surface area contributed by atoms with E-state index in [1.807, 2.05) is 65.2 Å². The maximum atomic E-state index is 12.6. The van der Waals surface area contributed by atoms with E-state index >= 15 is 0 Å². The molecule has 1 aliphatic carbocycles. The van der Waals surface area contributed by atoms with E-state index in [1.165, 1.54) is 0 Å². The first-order valence-electron chi connectivity index (χ1n) is 9.03. The van der Waals surface area contributed by atoms with Crippen molar-refractivity contribution in [2.24, 2.45) is 5.92 Å². The van der Waals surface area contributed by atoms with Crippen molar-refractivity contribution in [1.82, 2.24) is 4.90 Å². The Labute approximate surface area is 158 Å². The molecule has 0 aromatic heterocycles. The number of thioether (sulfide) groups is 1. The second-order valence-electron chi connectivity index (χ2n) is 6.71. The minimum absolute atomic E-state index is 0.0769. The maximum Gasteiger partial charge on any atom is 0.226 e. The van der Waals surface area contributed by atoms with Gasteiger partial charge in [-0.1, -0.05) is 36.4 Å². The number of hydrogen-bond acceptors (Lipinski definition) is 4. The Kier molecular flexibility index (Phi) is 5.07. The van der Waals surface area contributed by atoms with Crippen LogP contribution in [0.4, 0.5) is 0 Å². The maximum absolute atomic E-state index is 12.6. The minimum Gasteiger partial charge on any atom is -0.493 e. The number of nitrogens with zero attached hydrogens (tertiary/aromatic N) is 1. The van der Waals surface area contributed by atoms with Gasteiger partial charge in [0.05, 0.1) is 7.11 Å². The molecular weight excluding hydrogens is 346 g/mol. The number of ether oxygens (including phenoxy) is 2. The van der Waals surface area contributed by atoms with Crippen LogP contribution in [0.1, 0.15) is 29.3 Å². The number of rotatable bonds is 6. The highest BCUT2D eigenvalue weighted by Crippen LogP contribution is 2.44. The van der Waals surface area contributed by atoms with Crippen LogP contribution in [0.5, 0.6) is 11.5 Å². The van der Waals surface area contributed by atoms with Crippen molar-refractivity contribution in [3.63, 3.8) is 0 Å². The predicted octanol–water partition coefficient (Wildman–Crippen LogP) is 4.26. The van der Waals surface area contributed by atoms with Gasteiger partial charge < -0.3 is 14.4 Å². The average Bonchev–Trinajstić information content (AvgIpc) is 3.43. The van der Waals surface area contributed by atoms with E-state index in [1.54, 1.807) is 7.11 Å². The Morgan fingerprint density at radius 1 is 1.15 bits per heavy atom. The van der Waals surface area contributed by atoms with Gasteiger partial charge in [-0.15, -0.1) is 11.8 Å². The molecule has 1 saturated heterocycles. The molecule has 0 radical (unpaired) electrons. The SMILES string of the molecule is COc1ccc([C@@H]2SCCN2C(=O)C2CC2)cc1OCc1ccccc1. The summed E-state index contributed by atoms with van der Waals surface area (Å²) in [7, 11) is 1.65. The van der Waals surface area contributed by atoms with E-state index in [-0.39, 0.29) is 11.3 Å². The van der Waals surface area contributed by atoms with Crippen LogP contribution in [-0.4, -0.2) is 30.2 Å². The summed E-state index contributed by atoms with van der Waals surface area (Å²) in [6.45, 7) is 1.32. The summed E-state index contributed by atoms with van der Waals surface area (Å²) in [6, 6.07) is 16.1. The van der Waals surface area contributed by atoms with E-state index in [9.17, 15) is 4.79 Å². The first-order chi connectivity index (χ1) is 12.8. The van der Waals surface area contributed by atoms with E-state index in [4.69, 9.17) is 9.47 Å². The lowest BCUT2D eigenvalue weighted by atomic mass is 10.1. The third-order valence-electron chi connectivity index (χ3n) is 4.81. The number of carbonyl (C=O) groups is 1. The van der Waals surface area contributed by atoms with E-state index < -0.39 is 0 Å². The quantitative estimate of drug-likeness (QED) is 0.763. The average molecular weight is 369 g/mol. The van der Waals surface area contributed by atoms with E-state index in [2.05, 4.69) is 0 Å². The van der Waals surface area contributed by atoms with Crippen LogP contribution in [0.15, 0.2) is 48.5 Å². The molecule has 136 valence electrons. The topological polar surface area (TPSA) is 38.8 Å². The van der Waals surface area contributed by atoms with E-state index in [0.29, 0.717) is 18.3 Å². The fourth-order valence-corrected chi connectivity index (χ4v) is 4.49. The first-order valence-corrected chi connectivity index (χ1v) is 10.1. The molecule has 5 heteroatoms. The van der Waals surface area contributed by atoms with Crippen molar-refractivity contribution in [2.45, 2.75) is 24.8 Å². The van der Waals surface area contributed by atoms with Crippen LogP contribution in [0.25, 0.3) is 0 Å². The predicted molar refractivity (Wildman–Crippen MR) is 103 cm³/mol. The monoisotopic (exact) mass is 369 g/mol. The first kappa shape index (κ1) is 17.3. The van der Waals surface area contributed by atoms with Crippen LogP contribution in [0.2, 0.25) is 0 Å². The molecule has 26 heavy (non-hydrogen) atoms. The van der Waals surface area contributed by atoms with Crippen molar-refractivity contribution >= 4 is 17.7 Å². The zero-order valence-electron chi connectivity index (χ0n) is 14.9. The Hall–Kier alpha value is -2.14. The van der Waals surface area contributed by atoms with Gasteiger partial charge in [0, 0.05) is 18.2 Å². The third-order valence-corrected chi connectivity index (χ3v) is 6.07. The molecule has 1 heterocycles. The molecule has 1 aliphatic heterocycles. The molecule has 1 amide bonds. The summed E-state index contributed by atoms with van der Waals surface area (Å²) in [4.78, 5) is 14.6. The van der Waals surface area contributed by atoms with Gasteiger partial charge in [0.25, 0.3) is 0 Å². The molecule has 1 saturated carbocycles. The normalized spacial score (nSPS) is 19.4. The molecule has 2 aromatic carbocycles. The summed E-state index contributed by atoms with van der Waals surface area (Å²) in [6.07, 6.45) is 2.08. The van der Waals surface area contributed by atoms with Gasteiger partial charge in [-0.05, 0) is 36.1 Å². The summed E-state index contributed by atoms with van der Waals surface area (Å²) in [5.74, 6) is 2.98. The zero-order chi connectivity index (χ0) is 17.9. The molecule has 2 aliphatic rings. The van der Waals surface area contributed by atoms with Crippen LogP contribution in [-0.2, 0) is 11.4 Å². The Morgan fingerprint density at radius 2 is 1.96 bits per heavy atom. The Balaban J connectivity index is 1.54. The van der Waals surface area contributed by atoms with Crippen molar-refractivity contribution in [1.29, 1.82) is 0 Å². The van der Waals surface area contributed by atoms with Crippen molar-refractivity contribution in [2.75, 3.05) is 19.4 Å². The van der Waals surface area contributed by atoms with Gasteiger partial charge in [0.1, 0.15) is 12.0 Å². The van der Waals surface area contributed by atoms with Crippen molar-refractivity contribution < 1.29 is 14.3 Å². The third kappa shape index (κ3) is 3.68. The van der Waals surface area contributed by atoms with Crippen molar-refractivity contribution in [3.05, 3.63) is 59.7 Å². The molecule has 0 N–H and O–H groups in total. The van der Waals surface area contributed by atoms with Crippen LogP contribution >= 0.6 is 11.8 Å². The van der Waals surface area contributed by atoms with Crippen LogP contribution in [0.3, 0.4) is 0 Å². The molecule has 0 spiro atoms. The van der Waals surface area contributed by atoms with Gasteiger partial charge in [0.2, 0.25) is 5.91 Å². The number of hydrogen-bond donors (Lipinski definition) is 0. The lowest BCUT2D eigenvalue weighted by Gasteiger charge is -2.25. The van der Waals surface area contributed by atoms with Crippen molar-refractivity contribution in [3.8, 4) is 11.5 Å². The van der Waals surface area contributed by atoms with Crippen LogP contribution < -0.4 is 9.47 Å². The molecule has 1 atom stereocenters. The molecule has 4 rings (SSSR count). The largest absolute Gasteiger partial charge is 0.493 e. The Morgan fingerprint density at radius 3 is 2.69 bits per heavy atom. The van der Waals surface area contributed by atoms with Gasteiger partial charge >= 0.3 is 0 Å². The van der Waals surface area contributed by atoms with Crippen LogP contribution in [0, 0.1) is 5.92 Å². The standard InChI is InChI=1S/C21H23NO3S/c1-24-18-10-9-17(13-19(18)25-14-15-5-3-2-4-6-15)21-22(11-12-26-21)20(23)16-7-8-16/h2-6,9-10,13,16,21H,7-8,11-12,14H2,1H3/t21-/m0/s1. The number of methoxy groups -OCH3 is 1. The second-order valence-corrected chi connectivity index (χ2v) is 7.90. The smallest absolute Gasteiger partial charge is 0.226 e. The zero-order valence-corrected chi connectivity index (χ0v) is 15.7. The molecule has 4 nitrogen and oxygen atoms in total. The lowest BCUT2D eigenvalue weighted by molar-refractivity contribution is -0.132. The second kappa shape index (κ2) is 7.62. The highest BCUT2D eigenvalue weighted by molar-refractivity contribution is 7.99. The summed E-state index contributed by atoms with van der Waals surface area (Å²) in [5, 5.41) is 0.0769. The van der Waals surface area contributed by atoms with E-state index in [0.717, 1.165) is 42.0 Å². The minimum atomic E-state index is 0.0769. The van der Waals surface area contributed by atoms with Gasteiger partial charge in [-0.2, -0.15) is 0 Å². The molecule has 2 aromatic rings. The summed E-state index contributed by atoms with van der Waals surface area (Å²) >= 11 is 1.82. The molecule has 2 fully saturated rings. The molecule has 0 bridgehead atoms. The summed E-state index contributed by atoms with van der Waals surface area (Å²) < 4.78 is 11.5. The molecular formula is C21H23NO3S. The van der Waals surface area contributed by atoms with Gasteiger partial charge in [0.15, 0.2) is 11.5 Å².